The Balaban J connectivity index is 1.85. The van der Waals surface area contributed by atoms with E-state index < -0.39 is 0 Å². The molecule has 2 aromatic heterocycles. The zero-order valence-corrected chi connectivity index (χ0v) is 12.9. The van der Waals surface area contributed by atoms with Gasteiger partial charge in [-0.1, -0.05) is 0 Å². The van der Waals surface area contributed by atoms with Crippen LogP contribution in [0.1, 0.15) is 14.7 Å². The van der Waals surface area contributed by atoms with Crippen LogP contribution in [-0.4, -0.2) is 18.0 Å². The van der Waals surface area contributed by atoms with E-state index in [-0.39, 0.29) is 5.91 Å². The fourth-order valence-corrected chi connectivity index (χ4v) is 3.59. The molecule has 5 nitrogen and oxygen atoms in total. The second-order valence-electron chi connectivity index (χ2n) is 4.32. The first kappa shape index (κ1) is 13.8. The summed E-state index contributed by atoms with van der Waals surface area (Å²) in [6, 6.07) is 5.59. The first-order valence-corrected chi connectivity index (χ1v) is 7.91. The Hall–Kier alpha value is -2.12. The molecule has 1 aromatic carbocycles. The number of benzene rings is 1. The number of nitrogen functional groups attached to an aromatic ring is 1. The smallest absolute Gasteiger partial charge is 0.263 e. The standard InChI is InChI=1S/C14H13N3O2S2/c1-19-8-2-3-9-10(6-8)21-13(12(9)15)14(18)17-7-11-16-4-5-20-11/h2-6H,7,15H2,1H3,(H,17,18). The number of rotatable bonds is 4. The molecular weight excluding hydrogens is 306 g/mol. The normalized spacial score (nSPS) is 10.7. The van der Waals surface area contributed by atoms with E-state index in [2.05, 4.69) is 10.3 Å². The van der Waals surface area contributed by atoms with Gasteiger partial charge in [0, 0.05) is 21.7 Å². The van der Waals surface area contributed by atoms with Crippen molar-refractivity contribution in [2.24, 2.45) is 0 Å². The van der Waals surface area contributed by atoms with Gasteiger partial charge < -0.3 is 15.8 Å². The molecule has 3 rings (SSSR count). The van der Waals surface area contributed by atoms with Gasteiger partial charge in [0.2, 0.25) is 0 Å². The van der Waals surface area contributed by atoms with E-state index in [4.69, 9.17) is 10.5 Å². The minimum atomic E-state index is -0.178. The largest absolute Gasteiger partial charge is 0.497 e. The number of ether oxygens (including phenoxy) is 1. The number of thiazole rings is 1. The van der Waals surface area contributed by atoms with Crippen molar-refractivity contribution in [2.45, 2.75) is 6.54 Å². The summed E-state index contributed by atoms with van der Waals surface area (Å²) in [6.07, 6.45) is 1.71. The van der Waals surface area contributed by atoms with E-state index in [1.54, 1.807) is 13.3 Å². The first-order valence-electron chi connectivity index (χ1n) is 6.21. The molecule has 0 spiro atoms. The highest BCUT2D eigenvalue weighted by Crippen LogP contribution is 2.35. The molecule has 0 aliphatic rings. The molecule has 0 atom stereocenters. The Bertz CT molecular complexity index is 781. The highest BCUT2D eigenvalue weighted by Gasteiger charge is 2.16. The zero-order chi connectivity index (χ0) is 14.8. The molecule has 0 fully saturated rings. The van der Waals surface area contributed by atoms with Gasteiger partial charge in [-0.2, -0.15) is 0 Å². The fraction of sp³-hybridized carbons (Fsp3) is 0.143. The van der Waals surface area contributed by atoms with Crippen molar-refractivity contribution in [1.29, 1.82) is 0 Å². The Morgan fingerprint density at radius 1 is 1.48 bits per heavy atom. The third-order valence-corrected chi connectivity index (χ3v) is 4.97. The summed E-state index contributed by atoms with van der Waals surface area (Å²) >= 11 is 2.87. The molecule has 0 aliphatic heterocycles. The van der Waals surface area contributed by atoms with Crippen LogP contribution in [0.2, 0.25) is 0 Å². The Morgan fingerprint density at radius 3 is 3.05 bits per heavy atom. The third-order valence-electron chi connectivity index (χ3n) is 3.03. The minimum Gasteiger partial charge on any atom is -0.497 e. The highest BCUT2D eigenvalue weighted by molar-refractivity contribution is 7.21. The molecule has 1 amide bonds. The predicted octanol–water partition coefficient (Wildman–Crippen LogP) is 2.88. The fourth-order valence-electron chi connectivity index (χ4n) is 1.97. The molecule has 108 valence electrons. The second kappa shape index (κ2) is 5.71. The molecule has 7 heteroatoms. The van der Waals surface area contributed by atoms with Crippen molar-refractivity contribution in [2.75, 3.05) is 12.8 Å². The van der Waals surface area contributed by atoms with Gasteiger partial charge in [0.15, 0.2) is 0 Å². The van der Waals surface area contributed by atoms with Crippen LogP contribution in [0.15, 0.2) is 29.8 Å². The van der Waals surface area contributed by atoms with Crippen LogP contribution in [-0.2, 0) is 6.54 Å². The molecule has 2 heterocycles. The number of carbonyl (C=O) groups excluding carboxylic acids is 1. The molecule has 0 saturated heterocycles. The average molecular weight is 319 g/mol. The molecule has 0 bridgehead atoms. The number of aromatic nitrogens is 1. The van der Waals surface area contributed by atoms with Crippen molar-refractivity contribution in [3.8, 4) is 5.75 Å². The number of nitrogens with one attached hydrogen (secondary N) is 1. The highest BCUT2D eigenvalue weighted by atomic mass is 32.1. The number of nitrogens with zero attached hydrogens (tertiary/aromatic N) is 1. The van der Waals surface area contributed by atoms with Gasteiger partial charge in [-0.25, -0.2) is 4.98 Å². The third kappa shape index (κ3) is 2.70. The van der Waals surface area contributed by atoms with Crippen molar-refractivity contribution in [3.63, 3.8) is 0 Å². The maximum atomic E-state index is 12.2. The molecule has 0 saturated carbocycles. The van der Waals surface area contributed by atoms with Gasteiger partial charge in [0.25, 0.3) is 5.91 Å². The summed E-state index contributed by atoms with van der Waals surface area (Å²) < 4.78 is 6.12. The summed E-state index contributed by atoms with van der Waals surface area (Å²) in [7, 11) is 1.61. The lowest BCUT2D eigenvalue weighted by atomic mass is 10.2. The summed E-state index contributed by atoms with van der Waals surface area (Å²) in [5, 5.41) is 6.46. The zero-order valence-electron chi connectivity index (χ0n) is 11.3. The lowest BCUT2D eigenvalue weighted by Gasteiger charge is -2.01. The van der Waals surface area contributed by atoms with E-state index in [9.17, 15) is 4.79 Å². The molecule has 0 unspecified atom stereocenters. The van der Waals surface area contributed by atoms with Crippen LogP contribution >= 0.6 is 22.7 Å². The molecule has 0 radical (unpaired) electrons. The van der Waals surface area contributed by atoms with Crippen molar-refractivity contribution in [3.05, 3.63) is 39.7 Å². The van der Waals surface area contributed by atoms with E-state index in [0.29, 0.717) is 17.1 Å². The van der Waals surface area contributed by atoms with Gasteiger partial charge in [-0.3, -0.25) is 4.79 Å². The number of fused-ring (bicyclic) bond motifs is 1. The SMILES string of the molecule is COc1ccc2c(N)c(C(=O)NCc3nccs3)sc2c1. The van der Waals surface area contributed by atoms with Gasteiger partial charge in [0.05, 0.1) is 19.3 Å². The quantitative estimate of drug-likeness (QED) is 0.775. The molecule has 3 N–H and O–H groups in total. The molecule has 0 aliphatic carbocycles. The molecule has 3 aromatic rings. The van der Waals surface area contributed by atoms with Crippen LogP contribution in [0.3, 0.4) is 0 Å². The van der Waals surface area contributed by atoms with Gasteiger partial charge in [-0.15, -0.1) is 22.7 Å². The van der Waals surface area contributed by atoms with Crippen molar-refractivity contribution >= 4 is 44.4 Å². The van der Waals surface area contributed by atoms with E-state index in [1.165, 1.54) is 22.7 Å². The Labute approximate surface area is 129 Å². The number of hydrogen-bond donors (Lipinski definition) is 2. The summed E-state index contributed by atoms with van der Waals surface area (Å²) in [6.45, 7) is 0.410. The van der Waals surface area contributed by atoms with E-state index in [0.717, 1.165) is 20.8 Å². The number of nitrogens with two attached hydrogens (primary N) is 1. The number of anilines is 1. The monoisotopic (exact) mass is 319 g/mol. The lowest BCUT2D eigenvalue weighted by molar-refractivity contribution is 0.0956. The number of methoxy groups -OCH3 is 1. The number of amides is 1. The van der Waals surface area contributed by atoms with Crippen molar-refractivity contribution in [1.82, 2.24) is 10.3 Å². The predicted molar refractivity (Wildman–Crippen MR) is 86.1 cm³/mol. The number of carbonyl (C=O) groups is 1. The summed E-state index contributed by atoms with van der Waals surface area (Å²) in [5.74, 6) is 0.571. The van der Waals surface area contributed by atoms with E-state index in [1.807, 2.05) is 23.6 Å². The summed E-state index contributed by atoms with van der Waals surface area (Å²) in [5.41, 5.74) is 6.58. The molecule has 21 heavy (non-hydrogen) atoms. The van der Waals surface area contributed by atoms with Crippen LogP contribution < -0.4 is 15.8 Å². The number of thiophene rings is 1. The van der Waals surface area contributed by atoms with Crippen LogP contribution in [0.4, 0.5) is 5.69 Å². The van der Waals surface area contributed by atoms with Gasteiger partial charge >= 0.3 is 0 Å². The summed E-state index contributed by atoms with van der Waals surface area (Å²) in [4.78, 5) is 16.9. The molecular formula is C14H13N3O2S2. The maximum Gasteiger partial charge on any atom is 0.263 e. The van der Waals surface area contributed by atoms with Crippen molar-refractivity contribution < 1.29 is 9.53 Å². The lowest BCUT2D eigenvalue weighted by Crippen LogP contribution is -2.22. The minimum absolute atomic E-state index is 0.178. The average Bonchev–Trinajstić information content (AvgIpc) is 3.12. The second-order valence-corrected chi connectivity index (χ2v) is 6.35. The maximum absolute atomic E-state index is 12.2. The van der Waals surface area contributed by atoms with Crippen LogP contribution in [0.5, 0.6) is 5.75 Å². The van der Waals surface area contributed by atoms with Gasteiger partial charge in [-0.05, 0) is 18.2 Å². The number of hydrogen-bond acceptors (Lipinski definition) is 6. The van der Waals surface area contributed by atoms with E-state index >= 15 is 0 Å². The van der Waals surface area contributed by atoms with Crippen LogP contribution in [0.25, 0.3) is 10.1 Å². The van der Waals surface area contributed by atoms with Crippen LogP contribution in [0, 0.1) is 0 Å². The van der Waals surface area contributed by atoms with Gasteiger partial charge in [0.1, 0.15) is 15.6 Å². The Kier molecular flexibility index (Phi) is 3.76. The Morgan fingerprint density at radius 2 is 2.33 bits per heavy atom. The first-order chi connectivity index (χ1) is 10.2. The topological polar surface area (TPSA) is 77.2 Å².